The summed E-state index contributed by atoms with van der Waals surface area (Å²) >= 11 is 0. The molecule has 2 nitrogen and oxygen atoms in total. The molecule has 94 valence electrons. The van der Waals surface area contributed by atoms with Gasteiger partial charge in [0.1, 0.15) is 11.1 Å². The number of carboxylic acid groups (broad SMARTS) is 1. The summed E-state index contributed by atoms with van der Waals surface area (Å²) in [5, 5.41) is 8.22. The van der Waals surface area contributed by atoms with Gasteiger partial charge in [0.25, 0.3) is 0 Å². The summed E-state index contributed by atoms with van der Waals surface area (Å²) in [5.74, 6) is -13.2. The quantitative estimate of drug-likeness (QED) is 0.480. The van der Waals surface area contributed by atoms with Crippen LogP contribution in [0.3, 0.4) is 0 Å². The molecule has 0 fully saturated rings. The maximum Gasteiger partial charge on any atom is 0.422 e. The molecule has 0 atom stereocenters. The number of alkyl halides is 3. The van der Waals surface area contributed by atoms with Gasteiger partial charge in [0.2, 0.25) is 0 Å². The lowest BCUT2D eigenvalue weighted by molar-refractivity contribution is -0.142. The third-order valence-electron chi connectivity index (χ3n) is 1.76. The Kier molecular flexibility index (Phi) is 3.04. The molecule has 0 aliphatic carbocycles. The Balaban J connectivity index is 3.81. The van der Waals surface area contributed by atoms with Gasteiger partial charge in [-0.3, -0.25) is 0 Å². The highest BCUT2D eigenvalue weighted by Crippen LogP contribution is 2.36. The van der Waals surface area contributed by atoms with E-state index in [0.29, 0.717) is 0 Å². The second-order valence-electron chi connectivity index (χ2n) is 2.81. The average Bonchev–Trinajstić information content (AvgIpc) is 2.11. The third-order valence-corrected chi connectivity index (χ3v) is 1.76. The van der Waals surface area contributed by atoms with Crippen LogP contribution in [0.4, 0.5) is 30.7 Å². The molecule has 1 aromatic carbocycles. The maximum absolute atomic E-state index is 13.0. The number of rotatable bonds is 1. The van der Waals surface area contributed by atoms with Gasteiger partial charge >= 0.3 is 12.1 Å². The van der Waals surface area contributed by atoms with Gasteiger partial charge < -0.3 is 5.11 Å². The molecule has 0 aliphatic rings. The van der Waals surface area contributed by atoms with Crippen LogP contribution in [-0.2, 0) is 6.18 Å². The predicted molar refractivity (Wildman–Crippen MR) is 38.2 cm³/mol. The zero-order valence-corrected chi connectivity index (χ0v) is 7.50. The first kappa shape index (κ1) is 13.3. The summed E-state index contributed by atoms with van der Waals surface area (Å²) in [6, 6.07) is 0. The summed E-state index contributed by atoms with van der Waals surface area (Å²) in [4.78, 5) is 10.2. The Bertz CT molecular complexity index is 492. The minimum Gasteiger partial charge on any atom is -0.477 e. The van der Waals surface area contributed by atoms with E-state index >= 15 is 0 Å². The van der Waals surface area contributed by atoms with Gasteiger partial charge in [-0.25, -0.2) is 22.4 Å². The van der Waals surface area contributed by atoms with Gasteiger partial charge in [0.05, 0.1) is 0 Å². The average molecular weight is 262 g/mol. The van der Waals surface area contributed by atoms with Crippen molar-refractivity contribution in [1.82, 2.24) is 0 Å². The molecule has 1 aromatic rings. The van der Waals surface area contributed by atoms with Crippen molar-refractivity contribution < 1.29 is 40.6 Å². The molecule has 9 heteroatoms. The molecule has 0 unspecified atom stereocenters. The van der Waals surface area contributed by atoms with Crippen LogP contribution in [0.1, 0.15) is 15.9 Å². The molecule has 0 saturated heterocycles. The number of hydrogen-bond acceptors (Lipinski definition) is 1. The SMILES string of the molecule is O=C(O)c1c(F)c(F)c(F)c(C(F)(F)F)c1F. The van der Waals surface area contributed by atoms with Crippen LogP contribution in [0, 0.1) is 23.3 Å². The molecular formula is C8HF7O2. The van der Waals surface area contributed by atoms with E-state index in [2.05, 4.69) is 0 Å². The largest absolute Gasteiger partial charge is 0.477 e. The van der Waals surface area contributed by atoms with Crippen molar-refractivity contribution in [2.75, 3.05) is 0 Å². The zero-order valence-electron chi connectivity index (χ0n) is 7.50. The van der Waals surface area contributed by atoms with Crippen LogP contribution in [0.15, 0.2) is 0 Å². The first-order chi connectivity index (χ1) is 7.59. The van der Waals surface area contributed by atoms with Gasteiger partial charge in [-0.2, -0.15) is 13.2 Å². The predicted octanol–water partition coefficient (Wildman–Crippen LogP) is 2.96. The van der Waals surface area contributed by atoms with Crippen LogP contribution in [0.2, 0.25) is 0 Å². The Morgan fingerprint density at radius 2 is 1.35 bits per heavy atom. The van der Waals surface area contributed by atoms with Crippen molar-refractivity contribution in [3.05, 3.63) is 34.4 Å². The first-order valence-electron chi connectivity index (χ1n) is 3.75. The van der Waals surface area contributed by atoms with Gasteiger partial charge in [0, 0.05) is 0 Å². The summed E-state index contributed by atoms with van der Waals surface area (Å²) in [5.41, 5.74) is -4.98. The molecule has 0 aromatic heterocycles. The second-order valence-corrected chi connectivity index (χ2v) is 2.81. The highest BCUT2D eigenvalue weighted by molar-refractivity contribution is 5.88. The first-order valence-corrected chi connectivity index (χ1v) is 3.75. The lowest BCUT2D eigenvalue weighted by Crippen LogP contribution is -2.19. The Labute approximate surface area is 88.3 Å². The van der Waals surface area contributed by atoms with Crippen LogP contribution in [-0.4, -0.2) is 11.1 Å². The molecule has 17 heavy (non-hydrogen) atoms. The van der Waals surface area contributed by atoms with E-state index in [9.17, 15) is 35.5 Å². The van der Waals surface area contributed by atoms with E-state index in [0.717, 1.165) is 0 Å². The highest BCUT2D eigenvalue weighted by Gasteiger charge is 2.43. The molecule has 0 amide bonds. The van der Waals surface area contributed by atoms with E-state index in [4.69, 9.17) is 5.11 Å². The summed E-state index contributed by atoms with van der Waals surface area (Å²) in [6.45, 7) is 0. The smallest absolute Gasteiger partial charge is 0.422 e. The van der Waals surface area contributed by atoms with Crippen molar-refractivity contribution in [2.45, 2.75) is 6.18 Å². The van der Waals surface area contributed by atoms with Crippen LogP contribution >= 0.6 is 0 Å². The molecule has 1 N–H and O–H groups in total. The molecule has 0 aliphatic heterocycles. The Hall–Kier alpha value is -1.80. The minimum atomic E-state index is -5.69. The summed E-state index contributed by atoms with van der Waals surface area (Å²) in [6.07, 6.45) is -5.69. The van der Waals surface area contributed by atoms with E-state index in [1.54, 1.807) is 0 Å². The number of benzene rings is 1. The van der Waals surface area contributed by atoms with Crippen molar-refractivity contribution in [3.63, 3.8) is 0 Å². The fourth-order valence-corrected chi connectivity index (χ4v) is 1.07. The number of carbonyl (C=O) groups is 1. The molecule has 1 rings (SSSR count). The Morgan fingerprint density at radius 3 is 1.71 bits per heavy atom. The number of aromatic carboxylic acids is 1. The van der Waals surface area contributed by atoms with Gasteiger partial charge in [-0.15, -0.1) is 0 Å². The fraction of sp³-hybridized carbons (Fsp3) is 0.125. The van der Waals surface area contributed by atoms with Crippen LogP contribution in [0.25, 0.3) is 0 Å². The van der Waals surface area contributed by atoms with E-state index in [1.165, 1.54) is 0 Å². The zero-order chi connectivity index (χ0) is 13.5. The molecule has 0 saturated carbocycles. The van der Waals surface area contributed by atoms with Crippen LogP contribution in [0.5, 0.6) is 0 Å². The number of hydrogen-bond donors (Lipinski definition) is 1. The van der Waals surface area contributed by atoms with Gasteiger partial charge in [-0.05, 0) is 0 Å². The second kappa shape index (κ2) is 3.90. The molecule has 0 spiro atoms. The molecule has 0 heterocycles. The fourth-order valence-electron chi connectivity index (χ4n) is 1.07. The van der Waals surface area contributed by atoms with Crippen molar-refractivity contribution in [2.24, 2.45) is 0 Å². The number of carboxylic acids is 1. The lowest BCUT2D eigenvalue weighted by Gasteiger charge is -2.12. The van der Waals surface area contributed by atoms with Crippen molar-refractivity contribution in [1.29, 1.82) is 0 Å². The molecular weight excluding hydrogens is 261 g/mol. The number of halogens is 7. The third kappa shape index (κ3) is 2.04. The highest BCUT2D eigenvalue weighted by atomic mass is 19.4. The van der Waals surface area contributed by atoms with Crippen LogP contribution < -0.4 is 0 Å². The Morgan fingerprint density at radius 1 is 0.882 bits per heavy atom. The van der Waals surface area contributed by atoms with Crippen molar-refractivity contribution >= 4 is 5.97 Å². The van der Waals surface area contributed by atoms with E-state index < -0.39 is 46.5 Å². The lowest BCUT2D eigenvalue weighted by atomic mass is 10.1. The van der Waals surface area contributed by atoms with Gasteiger partial charge in [0.15, 0.2) is 23.3 Å². The normalized spacial score (nSPS) is 11.7. The summed E-state index contributed by atoms with van der Waals surface area (Å²) < 4.78 is 87.4. The topological polar surface area (TPSA) is 37.3 Å². The monoisotopic (exact) mass is 262 g/mol. The van der Waals surface area contributed by atoms with Gasteiger partial charge in [-0.1, -0.05) is 0 Å². The molecule has 0 bridgehead atoms. The minimum absolute atomic E-state index is 2.20. The molecule has 0 radical (unpaired) electrons. The van der Waals surface area contributed by atoms with E-state index in [-0.39, 0.29) is 0 Å². The standard InChI is InChI=1S/C8HF7O2/c9-3-1(7(16)17)4(10)6(12)5(11)2(3)8(13,14)15/h(H,16,17). The summed E-state index contributed by atoms with van der Waals surface area (Å²) in [7, 11) is 0. The van der Waals surface area contributed by atoms with Crippen molar-refractivity contribution in [3.8, 4) is 0 Å². The maximum atomic E-state index is 13.0. The van der Waals surface area contributed by atoms with E-state index in [1.807, 2.05) is 0 Å².